The summed E-state index contributed by atoms with van der Waals surface area (Å²) in [5, 5.41) is 2.58. The smallest absolute Gasteiger partial charge is 0.416 e. The third-order valence-corrected chi connectivity index (χ3v) is 6.76. The molecule has 0 fully saturated rings. The first-order valence-electron chi connectivity index (χ1n) is 10.2. The number of sulfonamides is 1. The molecule has 0 radical (unpaired) electrons. The summed E-state index contributed by atoms with van der Waals surface area (Å²) in [5.41, 5.74) is -0.103. The minimum absolute atomic E-state index is 0.0989. The van der Waals surface area contributed by atoms with Crippen molar-refractivity contribution in [1.82, 2.24) is 0 Å². The van der Waals surface area contributed by atoms with Gasteiger partial charge in [0.25, 0.3) is 10.0 Å². The lowest BCUT2D eigenvalue weighted by molar-refractivity contribution is -0.137. The van der Waals surface area contributed by atoms with Crippen LogP contribution in [0.2, 0.25) is 0 Å². The Hall–Kier alpha value is -3.73. The Labute approximate surface area is 201 Å². The Morgan fingerprint density at radius 2 is 1.63 bits per heavy atom. The molecule has 35 heavy (non-hydrogen) atoms. The van der Waals surface area contributed by atoms with E-state index < -0.39 is 34.2 Å². The molecule has 0 aliphatic carbocycles. The predicted molar refractivity (Wildman–Crippen MR) is 125 cm³/mol. The highest BCUT2D eigenvalue weighted by Crippen LogP contribution is 2.35. The number of alkyl halides is 3. The molecule has 0 saturated carbocycles. The third-order valence-electron chi connectivity index (χ3n) is 4.99. The van der Waals surface area contributed by atoms with Crippen molar-refractivity contribution in [2.75, 3.05) is 30.4 Å². The van der Waals surface area contributed by atoms with Crippen LogP contribution in [0.5, 0.6) is 11.5 Å². The minimum atomic E-state index is -4.71. The van der Waals surface area contributed by atoms with Gasteiger partial charge in [-0.1, -0.05) is 18.2 Å². The van der Waals surface area contributed by atoms with Crippen molar-refractivity contribution in [2.24, 2.45) is 0 Å². The summed E-state index contributed by atoms with van der Waals surface area (Å²) < 4.78 is 78.1. The maximum Gasteiger partial charge on any atom is 0.416 e. The summed E-state index contributed by atoms with van der Waals surface area (Å²) in [7, 11) is -1.81. The molecule has 11 heteroatoms. The van der Waals surface area contributed by atoms with E-state index in [4.69, 9.17) is 9.47 Å². The Morgan fingerprint density at radius 1 is 0.943 bits per heavy atom. The second kappa shape index (κ2) is 10.3. The molecular formula is C24H23F3N2O5S. The van der Waals surface area contributed by atoms with Crippen molar-refractivity contribution in [2.45, 2.75) is 18.0 Å². The molecule has 0 bridgehead atoms. The van der Waals surface area contributed by atoms with E-state index in [0.29, 0.717) is 16.1 Å². The highest BCUT2D eigenvalue weighted by Gasteiger charge is 2.33. The number of nitrogens with one attached hydrogen (secondary N) is 1. The maximum atomic E-state index is 13.6. The second-order valence-electron chi connectivity index (χ2n) is 7.49. The lowest BCUT2D eigenvalue weighted by Crippen LogP contribution is -2.38. The van der Waals surface area contributed by atoms with Crippen LogP contribution in [-0.2, 0) is 21.0 Å². The zero-order chi connectivity index (χ0) is 25.8. The molecular weight excluding hydrogens is 485 g/mol. The number of ether oxygens (including phenoxy) is 2. The zero-order valence-electron chi connectivity index (χ0n) is 19.1. The average Bonchev–Trinajstić information content (AvgIpc) is 2.81. The molecule has 0 aliphatic heterocycles. The van der Waals surface area contributed by atoms with E-state index >= 15 is 0 Å². The van der Waals surface area contributed by atoms with Gasteiger partial charge in [-0.3, -0.25) is 9.10 Å². The van der Waals surface area contributed by atoms with Gasteiger partial charge in [0.05, 0.1) is 30.4 Å². The summed E-state index contributed by atoms with van der Waals surface area (Å²) in [6.45, 7) is 1.04. The third kappa shape index (κ3) is 6.04. The van der Waals surface area contributed by atoms with Gasteiger partial charge in [0.1, 0.15) is 6.54 Å². The molecule has 0 aliphatic rings. The van der Waals surface area contributed by atoms with Crippen molar-refractivity contribution >= 4 is 27.3 Å². The molecule has 1 amide bonds. The number of hydrogen-bond acceptors (Lipinski definition) is 5. The molecule has 3 aromatic carbocycles. The molecule has 7 nitrogen and oxygen atoms in total. The van der Waals surface area contributed by atoms with E-state index in [1.807, 2.05) is 13.0 Å². The predicted octanol–water partition coefficient (Wildman–Crippen LogP) is 4.87. The first-order chi connectivity index (χ1) is 16.5. The highest BCUT2D eigenvalue weighted by atomic mass is 32.2. The van der Waals surface area contributed by atoms with Crippen molar-refractivity contribution in [3.8, 4) is 11.5 Å². The Balaban J connectivity index is 2.06. The average molecular weight is 509 g/mol. The van der Waals surface area contributed by atoms with Crippen LogP contribution in [0.3, 0.4) is 0 Å². The van der Waals surface area contributed by atoms with Gasteiger partial charge in [-0.2, -0.15) is 13.2 Å². The lowest BCUT2D eigenvalue weighted by Gasteiger charge is -2.25. The van der Waals surface area contributed by atoms with Gasteiger partial charge in [0, 0.05) is 11.8 Å². The van der Waals surface area contributed by atoms with E-state index in [1.54, 1.807) is 18.2 Å². The van der Waals surface area contributed by atoms with Gasteiger partial charge in [-0.15, -0.1) is 0 Å². The van der Waals surface area contributed by atoms with Gasteiger partial charge in [0.2, 0.25) is 5.91 Å². The number of benzene rings is 3. The second-order valence-corrected chi connectivity index (χ2v) is 9.36. The Bertz CT molecular complexity index is 1330. The normalized spacial score (nSPS) is 11.6. The standard InChI is InChI=1S/C24H23F3N2O5S/c1-16-6-4-8-18(12-16)28-23(30)15-29(19-9-5-7-17(13-19)24(25,26)27)35(31,32)20-10-11-21(33-2)22(14-20)34-3/h4-14H,15H2,1-3H3,(H,28,30). The summed E-state index contributed by atoms with van der Waals surface area (Å²) in [5.74, 6) is -0.381. The molecule has 0 atom stereocenters. The van der Waals surface area contributed by atoms with Crippen LogP contribution in [0.25, 0.3) is 0 Å². The maximum absolute atomic E-state index is 13.6. The number of hydrogen-bond donors (Lipinski definition) is 1. The highest BCUT2D eigenvalue weighted by molar-refractivity contribution is 7.92. The number of amides is 1. The molecule has 0 saturated heterocycles. The zero-order valence-corrected chi connectivity index (χ0v) is 19.9. The minimum Gasteiger partial charge on any atom is -0.493 e. The molecule has 186 valence electrons. The summed E-state index contributed by atoms with van der Waals surface area (Å²) >= 11 is 0. The molecule has 0 heterocycles. The van der Waals surface area contributed by atoms with Gasteiger partial charge >= 0.3 is 6.18 Å². The summed E-state index contributed by atoms with van der Waals surface area (Å²) in [6, 6.07) is 14.3. The monoisotopic (exact) mass is 508 g/mol. The fourth-order valence-electron chi connectivity index (χ4n) is 3.31. The van der Waals surface area contributed by atoms with Crippen molar-refractivity contribution < 1.29 is 35.9 Å². The van der Waals surface area contributed by atoms with E-state index in [2.05, 4.69) is 5.32 Å². The molecule has 3 rings (SSSR count). The van der Waals surface area contributed by atoms with Gasteiger partial charge in [0.15, 0.2) is 11.5 Å². The number of nitrogens with zero attached hydrogens (tertiary/aromatic N) is 1. The molecule has 1 N–H and O–H groups in total. The van der Waals surface area contributed by atoms with Crippen molar-refractivity contribution in [1.29, 1.82) is 0 Å². The first kappa shape index (κ1) is 25.9. The SMILES string of the molecule is COc1ccc(S(=O)(=O)N(CC(=O)Nc2cccc(C)c2)c2cccc(C(F)(F)F)c2)cc1OC. The van der Waals surface area contributed by atoms with Crippen LogP contribution >= 0.6 is 0 Å². The van der Waals surface area contributed by atoms with Crippen LogP contribution in [0.1, 0.15) is 11.1 Å². The van der Waals surface area contributed by atoms with Crippen LogP contribution in [0.15, 0.2) is 71.6 Å². The molecule has 0 spiro atoms. The van der Waals surface area contributed by atoms with E-state index in [-0.39, 0.29) is 22.1 Å². The number of carbonyl (C=O) groups is 1. The van der Waals surface area contributed by atoms with Gasteiger partial charge in [-0.05, 0) is 55.0 Å². The number of anilines is 2. The molecule has 0 unspecified atom stereocenters. The van der Waals surface area contributed by atoms with Gasteiger partial charge in [-0.25, -0.2) is 8.42 Å². The fourth-order valence-corrected chi connectivity index (χ4v) is 4.74. The van der Waals surface area contributed by atoms with Crippen molar-refractivity contribution in [3.63, 3.8) is 0 Å². The largest absolute Gasteiger partial charge is 0.493 e. The van der Waals surface area contributed by atoms with Gasteiger partial charge < -0.3 is 14.8 Å². The number of methoxy groups -OCH3 is 2. The topological polar surface area (TPSA) is 84.9 Å². The van der Waals surface area contributed by atoms with Crippen molar-refractivity contribution in [3.05, 3.63) is 77.9 Å². The number of aryl methyl sites for hydroxylation is 1. The number of rotatable bonds is 8. The summed E-state index contributed by atoms with van der Waals surface area (Å²) in [4.78, 5) is 12.5. The first-order valence-corrected chi connectivity index (χ1v) is 11.7. The molecule has 0 aromatic heterocycles. The fraction of sp³-hybridized carbons (Fsp3) is 0.208. The number of halogens is 3. The Morgan fingerprint density at radius 3 is 2.26 bits per heavy atom. The van der Waals surface area contributed by atoms with Crippen LogP contribution in [0, 0.1) is 6.92 Å². The quantitative estimate of drug-likeness (QED) is 0.470. The molecule has 3 aromatic rings. The van der Waals surface area contributed by atoms with E-state index in [0.717, 1.165) is 17.7 Å². The van der Waals surface area contributed by atoms with Crippen LogP contribution in [-0.4, -0.2) is 35.1 Å². The number of carbonyl (C=O) groups excluding carboxylic acids is 1. The van der Waals surface area contributed by atoms with Crippen LogP contribution in [0.4, 0.5) is 24.5 Å². The summed E-state index contributed by atoms with van der Waals surface area (Å²) in [6.07, 6.45) is -4.71. The van der Waals surface area contributed by atoms with Crippen LogP contribution < -0.4 is 19.1 Å². The van der Waals surface area contributed by atoms with E-state index in [1.165, 1.54) is 38.5 Å². The van der Waals surface area contributed by atoms with E-state index in [9.17, 15) is 26.4 Å². The lowest BCUT2D eigenvalue weighted by atomic mass is 10.2. The Kier molecular flexibility index (Phi) is 7.59.